The standard InChI is InChI=1S/C25H22F6O3.C2H6/c1-3-32-18-9-8-17(21(26)22(18)27)13-33-19-10-11-20(24(29)23(19)28)34-14-25(30,31)12-16-6-4-15(2)5-7-16;1-2/h4-11H,3,12-14H2,1-2H3;1-2H3. The topological polar surface area (TPSA) is 27.7 Å². The Bertz CT molecular complexity index is 1130. The van der Waals surface area contributed by atoms with Crippen LogP contribution in [-0.2, 0) is 13.0 Å². The number of alkyl halides is 2. The van der Waals surface area contributed by atoms with Crippen molar-refractivity contribution in [2.45, 2.75) is 46.6 Å². The Labute approximate surface area is 206 Å². The second kappa shape index (κ2) is 13.1. The van der Waals surface area contributed by atoms with Crippen molar-refractivity contribution in [3.63, 3.8) is 0 Å². The molecule has 3 nitrogen and oxygen atoms in total. The van der Waals surface area contributed by atoms with Gasteiger partial charge in [-0.1, -0.05) is 43.7 Å². The molecule has 3 aromatic rings. The average molecular weight is 515 g/mol. The Balaban J connectivity index is 0.00000222. The first-order valence-corrected chi connectivity index (χ1v) is 11.4. The molecule has 0 spiro atoms. The minimum Gasteiger partial charge on any atom is -0.491 e. The quantitative estimate of drug-likeness (QED) is 0.258. The summed E-state index contributed by atoms with van der Waals surface area (Å²) in [7, 11) is 0. The predicted molar refractivity (Wildman–Crippen MR) is 125 cm³/mol. The van der Waals surface area contributed by atoms with Crippen molar-refractivity contribution in [3.8, 4) is 17.2 Å². The van der Waals surface area contributed by atoms with E-state index >= 15 is 0 Å². The number of aryl methyl sites for hydroxylation is 1. The van der Waals surface area contributed by atoms with Crippen molar-refractivity contribution in [2.75, 3.05) is 13.2 Å². The van der Waals surface area contributed by atoms with Gasteiger partial charge >= 0.3 is 0 Å². The van der Waals surface area contributed by atoms with Crippen LogP contribution in [-0.4, -0.2) is 19.1 Å². The lowest BCUT2D eigenvalue weighted by Crippen LogP contribution is -2.28. The van der Waals surface area contributed by atoms with Crippen molar-refractivity contribution < 1.29 is 40.6 Å². The van der Waals surface area contributed by atoms with Crippen LogP contribution in [0.25, 0.3) is 0 Å². The molecular weight excluding hydrogens is 486 g/mol. The zero-order chi connectivity index (χ0) is 26.9. The molecule has 0 N–H and O–H groups in total. The molecule has 3 rings (SSSR count). The van der Waals surface area contributed by atoms with Gasteiger partial charge in [0.1, 0.15) is 6.61 Å². The smallest absolute Gasteiger partial charge is 0.285 e. The lowest BCUT2D eigenvalue weighted by Gasteiger charge is -2.18. The molecule has 0 aliphatic heterocycles. The summed E-state index contributed by atoms with van der Waals surface area (Å²) in [5, 5.41) is 0. The van der Waals surface area contributed by atoms with Gasteiger partial charge in [0, 0.05) is 12.0 Å². The van der Waals surface area contributed by atoms with Crippen LogP contribution in [0.4, 0.5) is 26.3 Å². The van der Waals surface area contributed by atoms with Crippen LogP contribution < -0.4 is 14.2 Å². The van der Waals surface area contributed by atoms with Crippen LogP contribution in [0.3, 0.4) is 0 Å². The van der Waals surface area contributed by atoms with E-state index in [1.807, 2.05) is 20.8 Å². The van der Waals surface area contributed by atoms with Gasteiger partial charge in [-0.15, -0.1) is 0 Å². The Kier molecular flexibility index (Phi) is 10.5. The Hall–Kier alpha value is -3.36. The fourth-order valence-electron chi connectivity index (χ4n) is 3.08. The van der Waals surface area contributed by atoms with Crippen molar-refractivity contribution >= 4 is 0 Å². The van der Waals surface area contributed by atoms with Crippen LogP contribution in [0, 0.1) is 30.2 Å². The highest BCUT2D eigenvalue weighted by atomic mass is 19.3. The normalized spacial score (nSPS) is 10.9. The summed E-state index contributed by atoms with van der Waals surface area (Å²) in [6.45, 7) is 5.77. The van der Waals surface area contributed by atoms with E-state index in [2.05, 4.69) is 0 Å². The van der Waals surface area contributed by atoms with Crippen LogP contribution >= 0.6 is 0 Å². The number of halogens is 6. The highest BCUT2D eigenvalue weighted by molar-refractivity contribution is 5.36. The second-order valence-electron chi connectivity index (χ2n) is 7.57. The van der Waals surface area contributed by atoms with E-state index in [1.165, 1.54) is 12.1 Å². The van der Waals surface area contributed by atoms with Gasteiger partial charge < -0.3 is 14.2 Å². The Morgan fingerprint density at radius 1 is 0.667 bits per heavy atom. The molecule has 0 saturated heterocycles. The van der Waals surface area contributed by atoms with Crippen molar-refractivity contribution in [2.24, 2.45) is 0 Å². The SMILES string of the molecule is CC.CCOc1ccc(COc2ccc(OCC(F)(F)Cc3ccc(C)cc3)c(F)c2F)c(F)c1F. The van der Waals surface area contributed by atoms with Gasteiger partial charge in [-0.25, -0.2) is 13.2 Å². The first kappa shape index (κ1) is 28.9. The van der Waals surface area contributed by atoms with Crippen molar-refractivity contribution in [1.29, 1.82) is 0 Å². The first-order valence-electron chi connectivity index (χ1n) is 11.4. The van der Waals surface area contributed by atoms with E-state index in [4.69, 9.17) is 14.2 Å². The van der Waals surface area contributed by atoms with E-state index in [0.717, 1.165) is 17.7 Å². The fourth-order valence-corrected chi connectivity index (χ4v) is 3.08. The monoisotopic (exact) mass is 514 g/mol. The molecule has 0 saturated carbocycles. The summed E-state index contributed by atoms with van der Waals surface area (Å²) in [5.74, 6) is -10.5. The molecule has 0 aromatic heterocycles. The lowest BCUT2D eigenvalue weighted by atomic mass is 10.1. The van der Waals surface area contributed by atoms with E-state index < -0.39 is 60.3 Å². The number of rotatable bonds is 10. The van der Waals surface area contributed by atoms with Crippen molar-refractivity contribution in [3.05, 3.63) is 88.5 Å². The zero-order valence-corrected chi connectivity index (χ0v) is 20.4. The highest BCUT2D eigenvalue weighted by Gasteiger charge is 2.31. The van der Waals surface area contributed by atoms with Crippen LogP contribution in [0.1, 0.15) is 37.5 Å². The number of ether oxygens (including phenoxy) is 3. The molecule has 9 heteroatoms. The molecule has 0 aliphatic carbocycles. The zero-order valence-electron chi connectivity index (χ0n) is 20.4. The first-order chi connectivity index (χ1) is 17.1. The predicted octanol–water partition coefficient (Wildman–Crippen LogP) is 7.81. The molecule has 36 heavy (non-hydrogen) atoms. The summed E-state index contributed by atoms with van der Waals surface area (Å²) in [6, 6.07) is 10.7. The number of hydrogen-bond acceptors (Lipinski definition) is 3. The van der Waals surface area contributed by atoms with Crippen LogP contribution in [0.15, 0.2) is 48.5 Å². The second-order valence-corrected chi connectivity index (χ2v) is 7.57. The van der Waals surface area contributed by atoms with Gasteiger partial charge in [-0.3, -0.25) is 0 Å². The Morgan fingerprint density at radius 3 is 1.75 bits per heavy atom. The Morgan fingerprint density at radius 2 is 1.17 bits per heavy atom. The minimum atomic E-state index is -3.33. The van der Waals surface area contributed by atoms with E-state index in [-0.39, 0.29) is 17.9 Å². The molecule has 0 amide bonds. The highest BCUT2D eigenvalue weighted by Crippen LogP contribution is 2.31. The summed E-state index contributed by atoms with van der Waals surface area (Å²) >= 11 is 0. The number of hydrogen-bond donors (Lipinski definition) is 0. The summed E-state index contributed by atoms with van der Waals surface area (Å²) in [5.41, 5.74) is 1.03. The maximum atomic E-state index is 14.4. The van der Waals surface area contributed by atoms with Gasteiger partial charge in [0.05, 0.1) is 6.61 Å². The van der Waals surface area contributed by atoms with E-state index in [9.17, 15) is 26.3 Å². The minimum absolute atomic E-state index is 0.128. The molecule has 196 valence electrons. The van der Waals surface area contributed by atoms with Crippen LogP contribution in [0.5, 0.6) is 17.2 Å². The van der Waals surface area contributed by atoms with E-state index in [0.29, 0.717) is 5.56 Å². The van der Waals surface area contributed by atoms with Gasteiger partial charge in [0.2, 0.25) is 17.5 Å². The molecule has 0 aliphatic rings. The molecule has 0 bridgehead atoms. The maximum Gasteiger partial charge on any atom is 0.285 e. The maximum absolute atomic E-state index is 14.4. The fraction of sp³-hybridized carbons (Fsp3) is 0.333. The van der Waals surface area contributed by atoms with Gasteiger partial charge in [0.15, 0.2) is 29.7 Å². The molecular formula is C27H28F6O3. The van der Waals surface area contributed by atoms with Crippen molar-refractivity contribution in [1.82, 2.24) is 0 Å². The molecule has 3 aromatic carbocycles. The molecule has 0 radical (unpaired) electrons. The van der Waals surface area contributed by atoms with E-state index in [1.54, 1.807) is 31.2 Å². The van der Waals surface area contributed by atoms with Gasteiger partial charge in [-0.05, 0) is 43.7 Å². The molecule has 0 heterocycles. The third-order valence-corrected chi connectivity index (χ3v) is 4.84. The summed E-state index contributed by atoms with van der Waals surface area (Å²) in [4.78, 5) is 0. The average Bonchev–Trinajstić information content (AvgIpc) is 2.86. The molecule has 0 unspecified atom stereocenters. The largest absolute Gasteiger partial charge is 0.491 e. The summed E-state index contributed by atoms with van der Waals surface area (Å²) < 4.78 is 100. The van der Waals surface area contributed by atoms with Gasteiger partial charge in [0.25, 0.3) is 5.92 Å². The number of benzene rings is 3. The third-order valence-electron chi connectivity index (χ3n) is 4.84. The lowest BCUT2D eigenvalue weighted by molar-refractivity contribution is -0.0410. The molecule has 0 fully saturated rings. The van der Waals surface area contributed by atoms with Crippen LogP contribution in [0.2, 0.25) is 0 Å². The third kappa shape index (κ3) is 7.57. The summed E-state index contributed by atoms with van der Waals surface area (Å²) in [6.07, 6.45) is -0.636. The molecule has 0 atom stereocenters. The van der Waals surface area contributed by atoms with Gasteiger partial charge in [-0.2, -0.15) is 13.2 Å².